The molecule has 2 aliphatic heterocycles. The molecule has 0 bridgehead atoms. The predicted octanol–water partition coefficient (Wildman–Crippen LogP) is 6.53. The van der Waals surface area contributed by atoms with Crippen molar-refractivity contribution < 1.29 is 10.6 Å². The largest absolute Gasteiger partial charge is 0.497 e. The molecule has 0 saturated carbocycles. The van der Waals surface area contributed by atoms with Gasteiger partial charge in [0, 0.05) is 24.2 Å². The average molecular weight is 413 g/mol. The van der Waals surface area contributed by atoms with Crippen molar-refractivity contribution in [2.45, 2.75) is 46.5 Å². The Bertz CT molecular complexity index is 851. The van der Waals surface area contributed by atoms with Crippen molar-refractivity contribution in [2.24, 2.45) is 16.8 Å². The maximum absolute atomic E-state index is 14.5. The van der Waals surface area contributed by atoms with E-state index in [1.165, 1.54) is 32.0 Å². The van der Waals surface area contributed by atoms with Crippen molar-refractivity contribution in [3.63, 3.8) is 0 Å². The molecule has 3 nitrogen and oxygen atoms in total. The van der Waals surface area contributed by atoms with Crippen LogP contribution in [0.5, 0.6) is 5.75 Å². The Morgan fingerprint density at radius 2 is 1.90 bits per heavy atom. The average Bonchev–Trinajstić information content (AvgIpc) is 3.20. The Balaban J connectivity index is 0.00000111. The minimum Gasteiger partial charge on any atom is -0.497 e. The van der Waals surface area contributed by atoms with Crippen LogP contribution >= 0.6 is 0 Å². The molecule has 3 aliphatic rings. The van der Waals surface area contributed by atoms with Crippen molar-refractivity contribution in [3.8, 4) is 5.75 Å². The summed E-state index contributed by atoms with van der Waals surface area (Å²) < 4.78 is 19.7. The molecule has 164 valence electrons. The number of aliphatic imine (C=N–C) groups is 1. The Morgan fingerprint density at radius 1 is 1.17 bits per heavy atom. The number of hydrogen-bond donors (Lipinski definition) is 0. The van der Waals surface area contributed by atoms with Gasteiger partial charge in [-0.2, -0.15) is 0 Å². The number of fused-ring (bicyclic) bond motifs is 1. The molecule has 1 aliphatic carbocycles. The second kappa shape index (κ2) is 10.7. The fourth-order valence-electron chi connectivity index (χ4n) is 4.23. The highest BCUT2D eigenvalue weighted by molar-refractivity contribution is 5.98. The molecule has 0 N–H and O–H groups in total. The molecule has 0 amide bonds. The van der Waals surface area contributed by atoms with Gasteiger partial charge in [0.15, 0.2) is 0 Å². The molecule has 1 atom stereocenters. The van der Waals surface area contributed by atoms with E-state index in [4.69, 9.17) is 9.73 Å². The van der Waals surface area contributed by atoms with E-state index in [1.807, 2.05) is 19.9 Å². The summed E-state index contributed by atoms with van der Waals surface area (Å²) in [6.07, 6.45) is 13.1. The fraction of sp³-hybridized carbons (Fsp3) is 0.500. The normalized spacial score (nSPS) is 21.2. The third-order valence-corrected chi connectivity index (χ3v) is 6.07. The summed E-state index contributed by atoms with van der Waals surface area (Å²) in [6, 6.07) is 4.87. The number of rotatable bonds is 6. The van der Waals surface area contributed by atoms with Crippen molar-refractivity contribution in [1.29, 1.82) is 0 Å². The first-order chi connectivity index (χ1) is 14.6. The summed E-state index contributed by atoms with van der Waals surface area (Å²) in [5.74, 6) is 1.44. The lowest BCUT2D eigenvalue weighted by atomic mass is 9.97. The third kappa shape index (κ3) is 5.28. The molecule has 1 saturated heterocycles. The molecule has 1 aromatic carbocycles. The number of methoxy groups -OCH3 is 1. The molecule has 30 heavy (non-hydrogen) atoms. The van der Waals surface area contributed by atoms with E-state index in [-0.39, 0.29) is 13.2 Å². The first kappa shape index (κ1) is 22.5. The first-order valence-corrected chi connectivity index (χ1v) is 11.4. The molecule has 2 heterocycles. The van der Waals surface area contributed by atoms with Gasteiger partial charge in [-0.05, 0) is 75.5 Å². The molecule has 1 fully saturated rings. The summed E-state index contributed by atoms with van der Waals surface area (Å²) in [7, 11) is 1.60. The lowest BCUT2D eigenvalue weighted by molar-refractivity contribution is 0.191. The fourth-order valence-corrected chi connectivity index (χ4v) is 4.23. The lowest BCUT2D eigenvalue weighted by Gasteiger charge is -2.30. The van der Waals surface area contributed by atoms with Crippen LogP contribution in [0.15, 0.2) is 53.2 Å². The van der Waals surface area contributed by atoms with Crippen LogP contribution in [0.3, 0.4) is 0 Å². The summed E-state index contributed by atoms with van der Waals surface area (Å²) in [5, 5.41) is 0. The number of dihydropyridines is 1. The molecular weight excluding hydrogens is 375 g/mol. The minimum atomic E-state index is -0.237. The van der Waals surface area contributed by atoms with Crippen LogP contribution in [-0.4, -0.2) is 37.4 Å². The zero-order chi connectivity index (χ0) is 21.5. The van der Waals surface area contributed by atoms with Gasteiger partial charge in [-0.25, -0.2) is 4.39 Å². The number of likely N-dealkylation sites (tertiary alicyclic amines) is 1. The number of allylic oxidation sites excluding steroid dienone is 4. The van der Waals surface area contributed by atoms with Gasteiger partial charge >= 0.3 is 0 Å². The zero-order valence-electron chi connectivity index (χ0n) is 18.8. The van der Waals surface area contributed by atoms with Crippen LogP contribution in [0.25, 0.3) is 5.57 Å². The van der Waals surface area contributed by atoms with E-state index in [1.54, 1.807) is 19.2 Å². The van der Waals surface area contributed by atoms with Crippen LogP contribution in [-0.2, 0) is 0 Å². The smallest absolute Gasteiger partial charge is 0.131 e. The number of hydrogen-bond acceptors (Lipinski definition) is 3. The highest BCUT2D eigenvalue weighted by atomic mass is 19.1. The molecule has 4 rings (SSSR count). The minimum absolute atomic E-state index is 0. The van der Waals surface area contributed by atoms with Crippen molar-refractivity contribution in [3.05, 3.63) is 59.6 Å². The molecule has 0 aromatic heterocycles. The molecule has 0 spiro atoms. The first-order valence-electron chi connectivity index (χ1n) is 11.4. The van der Waals surface area contributed by atoms with Gasteiger partial charge in [-0.1, -0.05) is 39.0 Å². The Kier molecular flexibility index (Phi) is 8.03. The van der Waals surface area contributed by atoms with E-state index in [0.29, 0.717) is 11.3 Å². The number of halogens is 1. The molecule has 1 unspecified atom stereocenters. The standard InChI is InChI=1S/C24H29FN2O.C2H6.H2/c1-17-11-14-27(15-12-17)13-3-4-19-7-5-18-6-9-21(24(18)26-19)22-16-20(28-2)8-10-23(22)25;1-2;/h5-10,16-18H,3-4,11-15H2,1-2H3;1-2H3;1H. The highest BCUT2D eigenvalue weighted by Gasteiger charge is 2.24. The summed E-state index contributed by atoms with van der Waals surface area (Å²) in [4.78, 5) is 7.49. The number of piperidine rings is 1. The van der Waals surface area contributed by atoms with Gasteiger partial charge in [0.05, 0.1) is 12.8 Å². The van der Waals surface area contributed by atoms with Gasteiger partial charge in [0.25, 0.3) is 0 Å². The second-order valence-electron chi connectivity index (χ2n) is 8.12. The monoisotopic (exact) mass is 412 g/mol. The van der Waals surface area contributed by atoms with Gasteiger partial charge in [0.1, 0.15) is 11.6 Å². The van der Waals surface area contributed by atoms with Gasteiger partial charge in [-0.15, -0.1) is 0 Å². The van der Waals surface area contributed by atoms with Crippen LogP contribution in [0, 0.1) is 17.7 Å². The molecule has 4 heteroatoms. The van der Waals surface area contributed by atoms with Gasteiger partial charge in [0.2, 0.25) is 0 Å². The number of nitrogens with zero attached hydrogens (tertiary/aromatic N) is 2. The van der Waals surface area contributed by atoms with Gasteiger partial charge < -0.3 is 9.64 Å². The Morgan fingerprint density at radius 3 is 2.63 bits per heavy atom. The van der Waals surface area contributed by atoms with Crippen LogP contribution in [0.1, 0.15) is 53.4 Å². The third-order valence-electron chi connectivity index (χ3n) is 6.07. The molecular formula is C26H37FN2O. The summed E-state index contributed by atoms with van der Waals surface area (Å²) >= 11 is 0. The zero-order valence-corrected chi connectivity index (χ0v) is 18.8. The van der Waals surface area contributed by atoms with E-state index >= 15 is 0 Å². The highest BCUT2D eigenvalue weighted by Crippen LogP contribution is 2.38. The van der Waals surface area contributed by atoms with Crippen molar-refractivity contribution >= 4 is 11.3 Å². The number of ether oxygens (including phenoxy) is 1. The Labute approximate surface area is 182 Å². The Hall–Kier alpha value is -2.20. The van der Waals surface area contributed by atoms with Crippen LogP contribution in [0.4, 0.5) is 4.39 Å². The summed E-state index contributed by atoms with van der Waals surface area (Å²) in [6.45, 7) is 9.93. The number of benzene rings is 1. The maximum Gasteiger partial charge on any atom is 0.131 e. The van der Waals surface area contributed by atoms with Gasteiger partial charge in [-0.3, -0.25) is 4.99 Å². The SMILES string of the molecule is CC.COc1ccc(F)c(C2=C3N=C(CCCN4CCC(C)CC4)C=CC3C=C2)c1.[HH]. The lowest BCUT2D eigenvalue weighted by Crippen LogP contribution is -2.33. The summed E-state index contributed by atoms with van der Waals surface area (Å²) in [5.41, 5.74) is 3.49. The van der Waals surface area contributed by atoms with E-state index in [0.717, 1.165) is 42.3 Å². The van der Waals surface area contributed by atoms with E-state index in [9.17, 15) is 4.39 Å². The predicted molar refractivity (Wildman–Crippen MR) is 127 cm³/mol. The topological polar surface area (TPSA) is 24.8 Å². The van der Waals surface area contributed by atoms with Crippen LogP contribution in [0.2, 0.25) is 0 Å². The van der Waals surface area contributed by atoms with E-state index < -0.39 is 0 Å². The van der Waals surface area contributed by atoms with E-state index in [2.05, 4.69) is 30.1 Å². The molecule has 0 radical (unpaired) electrons. The van der Waals surface area contributed by atoms with Crippen molar-refractivity contribution in [1.82, 2.24) is 4.90 Å². The maximum atomic E-state index is 14.5. The quantitative estimate of drug-likeness (QED) is 0.531. The molecule has 1 aromatic rings. The second-order valence-corrected chi connectivity index (χ2v) is 8.12. The van der Waals surface area contributed by atoms with Crippen LogP contribution < -0.4 is 4.74 Å². The van der Waals surface area contributed by atoms with Crippen molar-refractivity contribution in [2.75, 3.05) is 26.7 Å².